The van der Waals surface area contributed by atoms with Crippen molar-refractivity contribution in [1.82, 2.24) is 4.98 Å². The summed E-state index contributed by atoms with van der Waals surface area (Å²) >= 11 is 1.48. The zero-order valence-electron chi connectivity index (χ0n) is 9.03. The maximum Gasteiger partial charge on any atom is 0.349 e. The molecule has 0 spiro atoms. The average molecular weight is 225 g/mol. The van der Waals surface area contributed by atoms with Crippen molar-refractivity contribution in [2.75, 3.05) is 7.11 Å². The van der Waals surface area contributed by atoms with Crippen LogP contribution in [0.3, 0.4) is 0 Å². The predicted molar refractivity (Wildman–Crippen MR) is 59.2 cm³/mol. The molecule has 2 rings (SSSR count). The minimum absolute atomic E-state index is 0.273. The van der Waals surface area contributed by atoms with Gasteiger partial charge in [0.2, 0.25) is 0 Å². The first-order valence-electron chi connectivity index (χ1n) is 5.24. The lowest BCUT2D eigenvalue weighted by molar-refractivity contribution is 0.0606. The third-order valence-electron chi connectivity index (χ3n) is 2.95. The highest BCUT2D eigenvalue weighted by Crippen LogP contribution is 2.39. The summed E-state index contributed by atoms with van der Waals surface area (Å²) in [6.07, 6.45) is 5.32. The number of aromatic nitrogens is 1. The zero-order chi connectivity index (χ0) is 10.8. The highest BCUT2D eigenvalue weighted by molar-refractivity contribution is 7.13. The minimum Gasteiger partial charge on any atom is -0.465 e. The number of methoxy groups -OCH3 is 1. The van der Waals surface area contributed by atoms with Gasteiger partial charge < -0.3 is 4.74 Å². The average Bonchev–Trinajstić information content (AvgIpc) is 2.84. The first-order valence-corrected chi connectivity index (χ1v) is 6.06. The number of hydrogen-bond donors (Lipinski definition) is 0. The number of esters is 1. The van der Waals surface area contributed by atoms with E-state index in [1.165, 1.54) is 37.7 Å². The summed E-state index contributed by atoms with van der Waals surface area (Å²) in [6, 6.07) is 0. The second kappa shape index (κ2) is 4.31. The molecule has 1 saturated carbocycles. The summed E-state index contributed by atoms with van der Waals surface area (Å²) in [7, 11) is 1.40. The molecule has 1 aromatic heterocycles. The summed E-state index contributed by atoms with van der Waals surface area (Å²) in [5.41, 5.74) is 0. The van der Waals surface area contributed by atoms with Gasteiger partial charge in [0.1, 0.15) is 4.88 Å². The Morgan fingerprint density at radius 2 is 2.40 bits per heavy atom. The Hall–Kier alpha value is -0.900. The summed E-state index contributed by atoms with van der Waals surface area (Å²) in [5.74, 6) is 1.08. The van der Waals surface area contributed by atoms with Crippen LogP contribution < -0.4 is 0 Å². The summed E-state index contributed by atoms with van der Waals surface area (Å²) in [4.78, 5) is 16.2. The van der Waals surface area contributed by atoms with Gasteiger partial charge in [0.15, 0.2) is 0 Å². The van der Waals surface area contributed by atoms with Crippen LogP contribution in [0.15, 0.2) is 6.20 Å². The van der Waals surface area contributed by atoms with Crippen molar-refractivity contribution in [1.29, 1.82) is 0 Å². The van der Waals surface area contributed by atoms with E-state index >= 15 is 0 Å². The third-order valence-corrected chi connectivity index (χ3v) is 4.09. The lowest BCUT2D eigenvalue weighted by atomic mass is 10.1. The van der Waals surface area contributed by atoms with Crippen molar-refractivity contribution in [2.24, 2.45) is 5.92 Å². The van der Waals surface area contributed by atoms with E-state index in [1.807, 2.05) is 0 Å². The molecular formula is C11H15NO2S. The molecule has 0 aliphatic heterocycles. The van der Waals surface area contributed by atoms with Crippen molar-refractivity contribution in [3.8, 4) is 0 Å². The molecule has 1 fully saturated rings. The number of carbonyl (C=O) groups is 1. The van der Waals surface area contributed by atoms with Crippen molar-refractivity contribution in [2.45, 2.75) is 32.1 Å². The van der Waals surface area contributed by atoms with Crippen LogP contribution in [0.2, 0.25) is 0 Å². The Kier molecular flexibility index (Phi) is 3.05. The topological polar surface area (TPSA) is 39.2 Å². The summed E-state index contributed by atoms with van der Waals surface area (Å²) < 4.78 is 4.66. The molecule has 2 atom stereocenters. The van der Waals surface area contributed by atoms with E-state index in [4.69, 9.17) is 0 Å². The van der Waals surface area contributed by atoms with Crippen molar-refractivity contribution in [3.63, 3.8) is 0 Å². The van der Waals surface area contributed by atoms with Gasteiger partial charge in [-0.05, 0) is 18.8 Å². The molecule has 0 bridgehead atoms. The van der Waals surface area contributed by atoms with E-state index in [0.29, 0.717) is 10.8 Å². The number of rotatable bonds is 2. The van der Waals surface area contributed by atoms with E-state index < -0.39 is 0 Å². The van der Waals surface area contributed by atoms with Crippen LogP contribution in [0.1, 0.15) is 46.8 Å². The quantitative estimate of drug-likeness (QED) is 0.726. The molecule has 1 heterocycles. The molecule has 4 heteroatoms. The largest absolute Gasteiger partial charge is 0.465 e. The Bertz CT molecular complexity index is 361. The molecule has 1 aliphatic carbocycles. The SMILES string of the molecule is COC(=O)c1cnc(C2CCC(C)C2)s1. The van der Waals surface area contributed by atoms with Gasteiger partial charge >= 0.3 is 5.97 Å². The molecule has 0 saturated heterocycles. The fraction of sp³-hybridized carbons (Fsp3) is 0.636. The minimum atomic E-state index is -0.273. The molecule has 2 unspecified atom stereocenters. The molecular weight excluding hydrogens is 210 g/mol. The van der Waals surface area contributed by atoms with Crippen LogP contribution in [-0.4, -0.2) is 18.1 Å². The Morgan fingerprint density at radius 3 is 3.00 bits per heavy atom. The monoisotopic (exact) mass is 225 g/mol. The number of ether oxygens (including phenoxy) is 1. The van der Waals surface area contributed by atoms with Crippen LogP contribution in [0, 0.1) is 5.92 Å². The molecule has 0 amide bonds. The maximum atomic E-state index is 11.3. The van der Waals surface area contributed by atoms with Gasteiger partial charge in [0.25, 0.3) is 0 Å². The fourth-order valence-electron chi connectivity index (χ4n) is 2.10. The van der Waals surface area contributed by atoms with Crippen LogP contribution in [0.4, 0.5) is 0 Å². The second-order valence-electron chi connectivity index (χ2n) is 4.17. The van der Waals surface area contributed by atoms with Crippen LogP contribution in [0.5, 0.6) is 0 Å². The molecule has 0 aromatic carbocycles. The zero-order valence-corrected chi connectivity index (χ0v) is 9.84. The van der Waals surface area contributed by atoms with Crippen LogP contribution in [0.25, 0.3) is 0 Å². The number of nitrogens with zero attached hydrogens (tertiary/aromatic N) is 1. The Morgan fingerprint density at radius 1 is 1.60 bits per heavy atom. The third kappa shape index (κ3) is 2.20. The van der Waals surface area contributed by atoms with Gasteiger partial charge in [-0.1, -0.05) is 13.3 Å². The first kappa shape index (κ1) is 10.6. The maximum absolute atomic E-state index is 11.3. The number of hydrogen-bond acceptors (Lipinski definition) is 4. The van der Waals surface area contributed by atoms with E-state index in [-0.39, 0.29) is 5.97 Å². The van der Waals surface area contributed by atoms with E-state index in [1.54, 1.807) is 6.20 Å². The highest BCUT2D eigenvalue weighted by atomic mass is 32.1. The van der Waals surface area contributed by atoms with Gasteiger partial charge in [0, 0.05) is 5.92 Å². The predicted octanol–water partition coefficient (Wildman–Crippen LogP) is 2.83. The Balaban J connectivity index is 2.10. The van der Waals surface area contributed by atoms with Crippen molar-refractivity contribution in [3.05, 3.63) is 16.1 Å². The smallest absolute Gasteiger partial charge is 0.349 e. The van der Waals surface area contributed by atoms with Crippen LogP contribution in [-0.2, 0) is 4.74 Å². The molecule has 1 aromatic rings. The Labute approximate surface area is 93.5 Å². The van der Waals surface area contributed by atoms with Crippen LogP contribution >= 0.6 is 11.3 Å². The highest BCUT2D eigenvalue weighted by Gasteiger charge is 2.25. The van der Waals surface area contributed by atoms with Gasteiger partial charge in [-0.25, -0.2) is 9.78 Å². The molecule has 82 valence electrons. The molecule has 15 heavy (non-hydrogen) atoms. The standard InChI is InChI=1S/C11H15NO2S/c1-7-3-4-8(5-7)10-12-6-9(15-10)11(13)14-2/h6-8H,3-5H2,1-2H3. The molecule has 0 radical (unpaired) electrons. The van der Waals surface area contributed by atoms with E-state index in [2.05, 4.69) is 16.6 Å². The summed E-state index contributed by atoms with van der Waals surface area (Å²) in [6.45, 7) is 2.27. The second-order valence-corrected chi connectivity index (χ2v) is 5.23. The number of thiazole rings is 1. The summed E-state index contributed by atoms with van der Waals surface area (Å²) in [5, 5.41) is 1.10. The normalized spacial score (nSPS) is 25.5. The van der Waals surface area contributed by atoms with Gasteiger partial charge in [0.05, 0.1) is 18.3 Å². The van der Waals surface area contributed by atoms with E-state index in [0.717, 1.165) is 10.9 Å². The molecule has 0 N–H and O–H groups in total. The lowest BCUT2D eigenvalue weighted by Gasteiger charge is -2.03. The fourth-order valence-corrected chi connectivity index (χ4v) is 3.09. The van der Waals surface area contributed by atoms with Crippen molar-refractivity contribution < 1.29 is 9.53 Å². The number of carbonyl (C=O) groups excluding carboxylic acids is 1. The lowest BCUT2D eigenvalue weighted by Crippen LogP contribution is -1.96. The first-order chi connectivity index (χ1) is 7.20. The van der Waals surface area contributed by atoms with Gasteiger partial charge in [-0.15, -0.1) is 11.3 Å². The van der Waals surface area contributed by atoms with Gasteiger partial charge in [-0.3, -0.25) is 0 Å². The van der Waals surface area contributed by atoms with Crippen molar-refractivity contribution >= 4 is 17.3 Å². The van der Waals surface area contributed by atoms with Gasteiger partial charge in [-0.2, -0.15) is 0 Å². The van der Waals surface area contributed by atoms with E-state index in [9.17, 15) is 4.79 Å². The molecule has 3 nitrogen and oxygen atoms in total. The molecule has 1 aliphatic rings.